The van der Waals surface area contributed by atoms with Crippen molar-refractivity contribution in [3.05, 3.63) is 34.9 Å². The summed E-state index contributed by atoms with van der Waals surface area (Å²) in [6.45, 7) is 6.51. The summed E-state index contributed by atoms with van der Waals surface area (Å²) >= 11 is 0. The zero-order valence-corrected chi connectivity index (χ0v) is 17.6. The van der Waals surface area contributed by atoms with Gasteiger partial charge in [0.25, 0.3) is 0 Å². The molecule has 156 valence electrons. The largest absolute Gasteiger partial charge is 0.381 e. The number of guanidine groups is 1. The number of hydrogen-bond acceptors (Lipinski definition) is 3. The molecule has 0 aromatic heterocycles. The number of hydrogen-bond donors (Lipinski definition) is 2. The molecule has 1 heterocycles. The Morgan fingerprint density at radius 2 is 2.00 bits per heavy atom. The lowest BCUT2D eigenvalue weighted by molar-refractivity contribution is 0.0203. The zero-order chi connectivity index (χ0) is 19.6. The fraction of sp³-hybridized carbons (Fsp3) is 0.696. The summed E-state index contributed by atoms with van der Waals surface area (Å²) in [6, 6.07) is 7.19. The number of ether oxygens (including phenoxy) is 2. The molecule has 1 fully saturated rings. The molecule has 0 spiro atoms. The molecule has 1 saturated heterocycles. The Kier molecular flexibility index (Phi) is 8.62. The minimum atomic E-state index is 0.239. The number of benzene rings is 1. The summed E-state index contributed by atoms with van der Waals surface area (Å²) in [7, 11) is 1.83. The first kappa shape index (κ1) is 21.1. The Bertz CT molecular complexity index is 626. The second-order valence-electron chi connectivity index (χ2n) is 8.08. The highest BCUT2D eigenvalue weighted by atomic mass is 16.5. The second kappa shape index (κ2) is 11.4. The lowest BCUT2D eigenvalue weighted by Crippen LogP contribution is -2.39. The first-order valence-electron chi connectivity index (χ1n) is 11.0. The highest BCUT2D eigenvalue weighted by molar-refractivity contribution is 5.80. The predicted molar refractivity (Wildman–Crippen MR) is 115 cm³/mol. The Morgan fingerprint density at radius 1 is 1.21 bits per heavy atom. The monoisotopic (exact) mass is 387 g/mol. The van der Waals surface area contributed by atoms with Crippen LogP contribution in [0.15, 0.2) is 23.2 Å². The van der Waals surface area contributed by atoms with Crippen LogP contribution in [0.5, 0.6) is 0 Å². The third-order valence-corrected chi connectivity index (χ3v) is 5.90. The van der Waals surface area contributed by atoms with Gasteiger partial charge in [-0.25, -0.2) is 0 Å². The van der Waals surface area contributed by atoms with Gasteiger partial charge in [-0.05, 0) is 74.5 Å². The van der Waals surface area contributed by atoms with Crippen LogP contribution in [0.1, 0.15) is 61.8 Å². The summed E-state index contributed by atoms with van der Waals surface area (Å²) in [6.07, 6.45) is 8.35. The SMILES string of the molecule is CN=C(NCCCOCC1CCOCC1)NC(C)c1ccc2c(c1)CCCC2. The van der Waals surface area contributed by atoms with Gasteiger partial charge in [0.1, 0.15) is 0 Å². The van der Waals surface area contributed by atoms with Gasteiger partial charge in [-0.15, -0.1) is 0 Å². The Hall–Kier alpha value is -1.59. The molecule has 5 nitrogen and oxygen atoms in total. The second-order valence-corrected chi connectivity index (χ2v) is 8.08. The van der Waals surface area contributed by atoms with Crippen LogP contribution in [0.25, 0.3) is 0 Å². The van der Waals surface area contributed by atoms with Crippen LogP contribution in [-0.2, 0) is 22.3 Å². The van der Waals surface area contributed by atoms with Crippen LogP contribution < -0.4 is 10.6 Å². The first-order valence-corrected chi connectivity index (χ1v) is 11.0. The van der Waals surface area contributed by atoms with Gasteiger partial charge >= 0.3 is 0 Å². The molecule has 0 saturated carbocycles. The van der Waals surface area contributed by atoms with E-state index in [4.69, 9.17) is 9.47 Å². The number of aryl methyl sites for hydroxylation is 2. The number of nitrogens with one attached hydrogen (secondary N) is 2. The van der Waals surface area contributed by atoms with E-state index in [0.717, 1.165) is 58.2 Å². The van der Waals surface area contributed by atoms with E-state index in [1.54, 1.807) is 0 Å². The van der Waals surface area contributed by atoms with E-state index in [1.165, 1.54) is 42.4 Å². The van der Waals surface area contributed by atoms with Crippen LogP contribution in [-0.4, -0.2) is 46.0 Å². The van der Waals surface area contributed by atoms with Crippen molar-refractivity contribution in [2.45, 2.75) is 57.9 Å². The van der Waals surface area contributed by atoms with E-state index in [0.29, 0.717) is 5.92 Å². The van der Waals surface area contributed by atoms with E-state index in [-0.39, 0.29) is 6.04 Å². The van der Waals surface area contributed by atoms with Gasteiger partial charge in [-0.3, -0.25) is 4.99 Å². The summed E-state index contributed by atoms with van der Waals surface area (Å²) in [4.78, 5) is 4.37. The number of rotatable bonds is 8. The Labute approximate surface area is 170 Å². The lowest BCUT2D eigenvalue weighted by atomic mass is 9.89. The summed E-state index contributed by atoms with van der Waals surface area (Å²) in [5, 5.41) is 6.93. The molecule has 0 bridgehead atoms. The third kappa shape index (κ3) is 6.49. The van der Waals surface area contributed by atoms with Crippen molar-refractivity contribution in [1.82, 2.24) is 10.6 Å². The number of nitrogens with zero attached hydrogens (tertiary/aromatic N) is 1. The van der Waals surface area contributed by atoms with Crippen molar-refractivity contribution >= 4 is 5.96 Å². The van der Waals surface area contributed by atoms with E-state index in [1.807, 2.05) is 7.05 Å². The third-order valence-electron chi connectivity index (χ3n) is 5.90. The van der Waals surface area contributed by atoms with Crippen molar-refractivity contribution in [2.75, 3.05) is 40.0 Å². The van der Waals surface area contributed by atoms with E-state index >= 15 is 0 Å². The van der Waals surface area contributed by atoms with Crippen LogP contribution >= 0.6 is 0 Å². The van der Waals surface area contributed by atoms with E-state index in [9.17, 15) is 0 Å². The molecule has 2 aliphatic rings. The molecule has 1 atom stereocenters. The van der Waals surface area contributed by atoms with Gasteiger partial charge < -0.3 is 20.1 Å². The molecular weight excluding hydrogens is 350 g/mol. The normalized spacial score (nSPS) is 19.1. The van der Waals surface area contributed by atoms with Crippen molar-refractivity contribution in [3.8, 4) is 0 Å². The van der Waals surface area contributed by atoms with E-state index in [2.05, 4.69) is 40.7 Å². The molecular formula is C23H37N3O2. The number of aliphatic imine (C=N–C) groups is 1. The highest BCUT2D eigenvalue weighted by Crippen LogP contribution is 2.24. The maximum atomic E-state index is 5.84. The minimum absolute atomic E-state index is 0.239. The maximum absolute atomic E-state index is 5.84. The van der Waals surface area contributed by atoms with Crippen LogP contribution in [0.2, 0.25) is 0 Å². The van der Waals surface area contributed by atoms with Crippen LogP contribution in [0.4, 0.5) is 0 Å². The summed E-state index contributed by atoms with van der Waals surface area (Å²) in [5.41, 5.74) is 4.40. The Balaban J connectivity index is 1.34. The molecule has 1 aromatic carbocycles. The molecule has 0 amide bonds. The topological polar surface area (TPSA) is 54.9 Å². The standard InChI is InChI=1S/C23H37N3O2/c1-18(21-9-8-20-6-3-4-7-22(20)16-21)26-23(24-2)25-12-5-13-28-17-19-10-14-27-15-11-19/h8-9,16,18-19H,3-7,10-15,17H2,1-2H3,(H2,24,25,26). The van der Waals surface area contributed by atoms with Gasteiger partial charge in [-0.1, -0.05) is 18.2 Å². The van der Waals surface area contributed by atoms with Gasteiger partial charge in [0.15, 0.2) is 5.96 Å². The molecule has 28 heavy (non-hydrogen) atoms. The molecule has 1 aliphatic heterocycles. The van der Waals surface area contributed by atoms with Crippen molar-refractivity contribution in [2.24, 2.45) is 10.9 Å². The molecule has 0 radical (unpaired) electrons. The fourth-order valence-electron chi connectivity index (χ4n) is 4.05. The smallest absolute Gasteiger partial charge is 0.191 e. The van der Waals surface area contributed by atoms with Crippen LogP contribution in [0, 0.1) is 5.92 Å². The average Bonchev–Trinajstić information content (AvgIpc) is 2.75. The molecule has 5 heteroatoms. The maximum Gasteiger partial charge on any atom is 0.191 e. The molecule has 2 N–H and O–H groups in total. The number of fused-ring (bicyclic) bond motifs is 1. The zero-order valence-electron chi connectivity index (χ0n) is 17.6. The lowest BCUT2D eigenvalue weighted by Gasteiger charge is -2.22. The quantitative estimate of drug-likeness (QED) is 0.406. The summed E-state index contributed by atoms with van der Waals surface area (Å²) in [5.74, 6) is 1.53. The van der Waals surface area contributed by atoms with Crippen molar-refractivity contribution < 1.29 is 9.47 Å². The highest BCUT2D eigenvalue weighted by Gasteiger charge is 2.14. The van der Waals surface area contributed by atoms with Crippen LogP contribution in [0.3, 0.4) is 0 Å². The van der Waals surface area contributed by atoms with Gasteiger partial charge in [-0.2, -0.15) is 0 Å². The van der Waals surface area contributed by atoms with Gasteiger partial charge in [0, 0.05) is 40.0 Å². The summed E-state index contributed by atoms with van der Waals surface area (Å²) < 4.78 is 11.2. The molecule has 1 aromatic rings. The predicted octanol–water partition coefficient (Wildman–Crippen LogP) is 3.62. The van der Waals surface area contributed by atoms with Gasteiger partial charge in [0.05, 0.1) is 6.04 Å². The molecule has 1 unspecified atom stereocenters. The first-order chi connectivity index (χ1) is 13.8. The fourth-order valence-corrected chi connectivity index (χ4v) is 4.05. The van der Waals surface area contributed by atoms with Gasteiger partial charge in [0.2, 0.25) is 0 Å². The van der Waals surface area contributed by atoms with Crippen molar-refractivity contribution in [3.63, 3.8) is 0 Å². The average molecular weight is 388 g/mol. The molecule has 3 rings (SSSR count). The van der Waals surface area contributed by atoms with E-state index < -0.39 is 0 Å². The molecule has 1 aliphatic carbocycles. The van der Waals surface area contributed by atoms with Crippen molar-refractivity contribution in [1.29, 1.82) is 0 Å². The Morgan fingerprint density at radius 3 is 2.79 bits per heavy atom. The minimum Gasteiger partial charge on any atom is -0.381 e.